The summed E-state index contributed by atoms with van der Waals surface area (Å²) in [5.74, 6) is 0.254. The molecule has 2 atom stereocenters. The second-order valence-corrected chi connectivity index (χ2v) is 3.40. The number of nitrogens with one attached hydrogen (secondary N) is 1. The maximum Gasteiger partial charge on any atom is 0.0477 e. The van der Waals surface area contributed by atoms with Crippen LogP contribution in [0.15, 0.2) is 24.5 Å². The molecule has 2 N–H and O–H groups in total. The van der Waals surface area contributed by atoms with E-state index in [1.54, 1.807) is 6.20 Å². The average molecular weight is 194 g/mol. The van der Waals surface area contributed by atoms with Crippen molar-refractivity contribution >= 4 is 0 Å². The fourth-order valence-corrected chi connectivity index (χ4v) is 1.70. The van der Waals surface area contributed by atoms with E-state index in [0.29, 0.717) is 0 Å². The van der Waals surface area contributed by atoms with Crippen molar-refractivity contribution in [2.45, 2.75) is 19.4 Å². The molecule has 0 aliphatic heterocycles. The Morgan fingerprint density at radius 2 is 2.36 bits per heavy atom. The van der Waals surface area contributed by atoms with E-state index in [9.17, 15) is 5.11 Å². The van der Waals surface area contributed by atoms with Gasteiger partial charge in [0, 0.05) is 31.0 Å². The summed E-state index contributed by atoms with van der Waals surface area (Å²) in [6, 6.07) is 4.15. The van der Waals surface area contributed by atoms with Crippen molar-refractivity contribution in [2.75, 3.05) is 13.7 Å². The molecular formula is C11H18N2O. The van der Waals surface area contributed by atoms with Gasteiger partial charge < -0.3 is 10.4 Å². The molecule has 1 aromatic heterocycles. The van der Waals surface area contributed by atoms with E-state index in [-0.39, 0.29) is 18.6 Å². The Balaban J connectivity index is 2.81. The van der Waals surface area contributed by atoms with E-state index in [4.69, 9.17) is 0 Å². The summed E-state index contributed by atoms with van der Waals surface area (Å²) in [4.78, 5) is 4.08. The van der Waals surface area contributed by atoms with Crippen molar-refractivity contribution in [1.82, 2.24) is 10.3 Å². The first-order chi connectivity index (χ1) is 6.83. The minimum absolute atomic E-state index is 0.193. The first kappa shape index (κ1) is 11.1. The Hall–Kier alpha value is -0.930. The zero-order chi connectivity index (χ0) is 10.4. The first-order valence-electron chi connectivity index (χ1n) is 5.01. The van der Waals surface area contributed by atoms with Gasteiger partial charge in [0.1, 0.15) is 0 Å². The Morgan fingerprint density at radius 3 is 2.79 bits per heavy atom. The number of pyridine rings is 1. The van der Waals surface area contributed by atoms with E-state index in [2.05, 4.69) is 17.2 Å². The Kier molecular flexibility index (Phi) is 4.56. The molecule has 0 aromatic carbocycles. The van der Waals surface area contributed by atoms with Crippen molar-refractivity contribution in [2.24, 2.45) is 5.92 Å². The summed E-state index contributed by atoms with van der Waals surface area (Å²) < 4.78 is 0. The van der Waals surface area contributed by atoms with Crippen LogP contribution in [0.2, 0.25) is 0 Å². The molecule has 0 fully saturated rings. The Labute approximate surface area is 85.2 Å². The highest BCUT2D eigenvalue weighted by atomic mass is 16.3. The largest absolute Gasteiger partial charge is 0.396 e. The lowest BCUT2D eigenvalue weighted by Crippen LogP contribution is -2.27. The van der Waals surface area contributed by atoms with Crippen LogP contribution in [-0.4, -0.2) is 23.7 Å². The smallest absolute Gasteiger partial charge is 0.0477 e. The van der Waals surface area contributed by atoms with E-state index in [1.165, 1.54) is 0 Å². The molecule has 0 spiro atoms. The van der Waals surface area contributed by atoms with Crippen molar-refractivity contribution in [3.8, 4) is 0 Å². The van der Waals surface area contributed by atoms with Crippen LogP contribution in [0.1, 0.15) is 24.9 Å². The van der Waals surface area contributed by atoms with Crippen molar-refractivity contribution in [3.63, 3.8) is 0 Å². The number of hydrogen-bond donors (Lipinski definition) is 2. The van der Waals surface area contributed by atoms with Crippen molar-refractivity contribution in [3.05, 3.63) is 30.1 Å². The van der Waals surface area contributed by atoms with Crippen LogP contribution < -0.4 is 5.32 Å². The minimum Gasteiger partial charge on any atom is -0.396 e. The third-order valence-electron chi connectivity index (χ3n) is 2.58. The quantitative estimate of drug-likeness (QED) is 0.744. The van der Waals surface area contributed by atoms with E-state index in [1.807, 2.05) is 25.4 Å². The van der Waals surface area contributed by atoms with Gasteiger partial charge in [0.25, 0.3) is 0 Å². The van der Waals surface area contributed by atoms with Gasteiger partial charge in [-0.15, -0.1) is 0 Å². The van der Waals surface area contributed by atoms with Gasteiger partial charge in [0.2, 0.25) is 0 Å². The summed E-state index contributed by atoms with van der Waals surface area (Å²) >= 11 is 0. The van der Waals surface area contributed by atoms with Crippen LogP contribution >= 0.6 is 0 Å². The fraction of sp³-hybridized carbons (Fsp3) is 0.545. The zero-order valence-electron chi connectivity index (χ0n) is 8.77. The molecule has 0 aliphatic rings. The summed E-state index contributed by atoms with van der Waals surface area (Å²) in [5.41, 5.74) is 1.14. The molecule has 14 heavy (non-hydrogen) atoms. The normalized spacial score (nSPS) is 15.1. The predicted octanol–water partition coefficient (Wildman–Crippen LogP) is 1.36. The van der Waals surface area contributed by atoms with Gasteiger partial charge in [0.15, 0.2) is 0 Å². The topological polar surface area (TPSA) is 45.1 Å². The number of rotatable bonds is 5. The monoisotopic (exact) mass is 194 g/mol. The first-order valence-corrected chi connectivity index (χ1v) is 5.01. The van der Waals surface area contributed by atoms with Gasteiger partial charge in [-0.2, -0.15) is 0 Å². The molecular weight excluding hydrogens is 176 g/mol. The standard InChI is InChI=1S/C11H18N2O/c1-3-9(8-14)11(12-2)10-5-4-6-13-7-10/h4-7,9,11-12,14H,3,8H2,1-2H3. The second kappa shape index (κ2) is 5.73. The third-order valence-corrected chi connectivity index (χ3v) is 2.58. The number of aliphatic hydroxyl groups is 1. The number of nitrogens with zero attached hydrogens (tertiary/aromatic N) is 1. The summed E-state index contributed by atoms with van der Waals surface area (Å²) in [6.07, 6.45) is 4.56. The molecule has 0 radical (unpaired) electrons. The van der Waals surface area contributed by atoms with E-state index in [0.717, 1.165) is 12.0 Å². The lowest BCUT2D eigenvalue weighted by atomic mass is 9.93. The maximum atomic E-state index is 9.23. The van der Waals surface area contributed by atoms with Gasteiger partial charge in [0.05, 0.1) is 0 Å². The second-order valence-electron chi connectivity index (χ2n) is 3.40. The SMILES string of the molecule is CCC(CO)C(NC)c1cccnc1. The molecule has 2 unspecified atom stereocenters. The average Bonchev–Trinajstić information content (AvgIpc) is 2.27. The number of hydrogen-bond acceptors (Lipinski definition) is 3. The summed E-state index contributed by atoms with van der Waals surface area (Å²) in [7, 11) is 1.91. The predicted molar refractivity (Wildman–Crippen MR) is 56.9 cm³/mol. The molecule has 1 rings (SSSR count). The van der Waals surface area contributed by atoms with Crippen LogP contribution in [0.4, 0.5) is 0 Å². The molecule has 0 saturated carbocycles. The number of aliphatic hydroxyl groups excluding tert-OH is 1. The van der Waals surface area contributed by atoms with E-state index < -0.39 is 0 Å². The zero-order valence-corrected chi connectivity index (χ0v) is 8.77. The van der Waals surface area contributed by atoms with Gasteiger partial charge in [-0.1, -0.05) is 13.0 Å². The van der Waals surface area contributed by atoms with Crippen molar-refractivity contribution in [1.29, 1.82) is 0 Å². The van der Waals surface area contributed by atoms with Gasteiger partial charge in [-0.05, 0) is 25.1 Å². The molecule has 0 saturated heterocycles. The molecule has 0 amide bonds. The highest BCUT2D eigenvalue weighted by Gasteiger charge is 2.19. The maximum absolute atomic E-state index is 9.23. The van der Waals surface area contributed by atoms with Crippen LogP contribution in [0, 0.1) is 5.92 Å². The molecule has 3 nitrogen and oxygen atoms in total. The van der Waals surface area contributed by atoms with Crippen molar-refractivity contribution < 1.29 is 5.11 Å². The Bertz CT molecular complexity index is 247. The molecule has 3 heteroatoms. The van der Waals surface area contributed by atoms with Gasteiger partial charge >= 0.3 is 0 Å². The van der Waals surface area contributed by atoms with Crippen LogP contribution in [0.5, 0.6) is 0 Å². The lowest BCUT2D eigenvalue weighted by molar-refractivity contribution is 0.189. The molecule has 0 bridgehead atoms. The lowest BCUT2D eigenvalue weighted by Gasteiger charge is -2.24. The van der Waals surface area contributed by atoms with Crippen LogP contribution in [0.25, 0.3) is 0 Å². The summed E-state index contributed by atoms with van der Waals surface area (Å²) in [5, 5.41) is 12.4. The third kappa shape index (κ3) is 2.53. The molecule has 0 aliphatic carbocycles. The fourth-order valence-electron chi connectivity index (χ4n) is 1.70. The van der Waals surface area contributed by atoms with Gasteiger partial charge in [-0.3, -0.25) is 4.98 Å². The molecule has 1 aromatic rings. The highest BCUT2D eigenvalue weighted by molar-refractivity contribution is 5.14. The van der Waals surface area contributed by atoms with Crippen LogP contribution in [0.3, 0.4) is 0 Å². The minimum atomic E-state index is 0.193. The Morgan fingerprint density at radius 1 is 1.57 bits per heavy atom. The molecule has 78 valence electrons. The highest BCUT2D eigenvalue weighted by Crippen LogP contribution is 2.22. The van der Waals surface area contributed by atoms with Crippen LogP contribution in [-0.2, 0) is 0 Å². The van der Waals surface area contributed by atoms with Gasteiger partial charge in [-0.25, -0.2) is 0 Å². The van der Waals surface area contributed by atoms with E-state index >= 15 is 0 Å². The summed E-state index contributed by atoms with van der Waals surface area (Å²) in [6.45, 7) is 2.29. The number of aromatic nitrogens is 1. The molecule has 1 heterocycles.